The van der Waals surface area contributed by atoms with Crippen LogP contribution >= 0.6 is 0 Å². The molecule has 2 N–H and O–H groups in total. The van der Waals surface area contributed by atoms with Crippen molar-refractivity contribution < 1.29 is 39.1 Å². The molecule has 0 radical (unpaired) electrons. The maximum absolute atomic E-state index is 9.95. The predicted molar refractivity (Wildman–Crippen MR) is 59.3 cm³/mol. The second-order valence-electron chi connectivity index (χ2n) is 1.27. The van der Waals surface area contributed by atoms with E-state index in [0.29, 0.717) is 0 Å². The molecule has 0 aromatic rings. The van der Waals surface area contributed by atoms with E-state index in [1.54, 1.807) is 0 Å². The fourth-order valence-corrected chi connectivity index (χ4v) is 0.641. The van der Waals surface area contributed by atoms with Gasteiger partial charge in [0.2, 0.25) is 0 Å². The molecule has 9 nitrogen and oxygen atoms in total. The summed E-state index contributed by atoms with van der Waals surface area (Å²) in [5, 5.41) is 0. The molecule has 0 aliphatic rings. The van der Waals surface area contributed by atoms with Gasteiger partial charge >= 0.3 is 189 Å². The molecule has 0 atom stereocenters. The quantitative estimate of drug-likeness (QED) is 0.378. The molecule has 0 aromatic carbocycles. The van der Waals surface area contributed by atoms with E-state index in [2.05, 4.69) is 8.37 Å². The molecule has 0 saturated heterocycles. The van der Waals surface area contributed by atoms with Gasteiger partial charge in [-0.2, -0.15) is 16.8 Å². The number of hydrogen-bond donors (Lipinski definition) is 2. The Balaban J connectivity index is -0.000000101. The molecule has 0 saturated carbocycles. The molecule has 0 aromatic heterocycles. The molecule has 15 heteroatoms. The average Bonchev–Trinajstić information content (AvgIpc) is 1.49. The zero-order chi connectivity index (χ0) is 9.99. The number of rotatable bonds is 2. The van der Waals surface area contributed by atoms with E-state index in [1.165, 1.54) is 0 Å². The van der Waals surface area contributed by atoms with Crippen molar-refractivity contribution in [2.45, 2.75) is 0 Å². The molecule has 0 aliphatic carbocycles. The monoisotopic (exact) mass is 350 g/mol. The van der Waals surface area contributed by atoms with Crippen LogP contribution in [-0.4, -0.2) is 194 Å². The molecular weight excluding hydrogens is 344 g/mol. The Morgan fingerprint density at radius 2 is 1.00 bits per heavy atom. The van der Waals surface area contributed by atoms with Crippen molar-refractivity contribution in [1.82, 2.24) is 0 Å². The van der Waals surface area contributed by atoms with Crippen molar-refractivity contribution in [3.8, 4) is 0 Å². The van der Waals surface area contributed by atoms with Crippen LogP contribution in [-0.2, 0) is 29.2 Å². The zero-order valence-corrected chi connectivity index (χ0v) is 6.70. The standard InChI is InChI=1S/CH2O9S2.2K.2Na.4H/c2-1(9-11(3,4)5)10-12(6,7)8;;;;;;;;/h(H,3,4,5)(H,6,7,8);;;;;;;;. The Kier molecular flexibility index (Phi) is 28.9. The van der Waals surface area contributed by atoms with E-state index in [4.69, 9.17) is 9.11 Å². The van der Waals surface area contributed by atoms with E-state index in [-0.39, 0.29) is 162 Å². The van der Waals surface area contributed by atoms with Crippen LogP contribution in [0.4, 0.5) is 4.79 Å². The van der Waals surface area contributed by atoms with Gasteiger partial charge in [0.15, 0.2) is 0 Å². The van der Waals surface area contributed by atoms with Crippen molar-refractivity contribution >= 4 is 189 Å². The topological polar surface area (TPSA) is 144 Å². The molecule has 0 amide bonds. The van der Waals surface area contributed by atoms with Crippen molar-refractivity contribution in [1.29, 1.82) is 0 Å². The second-order valence-corrected chi connectivity index (χ2v) is 3.32. The summed E-state index contributed by atoms with van der Waals surface area (Å²) in [6, 6.07) is 0. The fraction of sp³-hybridized carbons (Fsp3) is 0. The van der Waals surface area contributed by atoms with E-state index in [9.17, 15) is 21.6 Å². The third-order valence-electron chi connectivity index (χ3n) is 0.347. The van der Waals surface area contributed by atoms with Crippen molar-refractivity contribution in [2.75, 3.05) is 0 Å². The third kappa shape index (κ3) is 26.8. The molecule has 0 rings (SSSR count). The van der Waals surface area contributed by atoms with E-state index in [0.717, 1.165) is 0 Å². The van der Waals surface area contributed by atoms with Gasteiger partial charge in [0.05, 0.1) is 0 Å². The minimum atomic E-state index is -5.15. The molecule has 0 fully saturated rings. The summed E-state index contributed by atoms with van der Waals surface area (Å²) < 4.78 is 60.1. The number of hydrogen-bond acceptors (Lipinski definition) is 7. The molecular formula is CH6K2Na2O9S2. The SMILES string of the molecule is O=C(OS(=O)(=O)O)OS(=O)(=O)O.[KH].[KH].[NaH].[NaH]. The summed E-state index contributed by atoms with van der Waals surface area (Å²) in [7, 11) is -10.3. The Hall–Kier alpha value is 4.36. The van der Waals surface area contributed by atoms with Gasteiger partial charge in [0, 0.05) is 0 Å². The summed E-state index contributed by atoms with van der Waals surface area (Å²) in [6.07, 6.45) is -2.29. The maximum atomic E-state index is 9.95. The Labute approximate surface area is 221 Å². The first-order chi connectivity index (χ1) is 5.10. The Morgan fingerprint density at radius 1 is 0.812 bits per heavy atom. The van der Waals surface area contributed by atoms with E-state index >= 15 is 0 Å². The van der Waals surface area contributed by atoms with Gasteiger partial charge in [-0.05, 0) is 0 Å². The predicted octanol–water partition coefficient (Wildman–Crippen LogP) is -3.85. The van der Waals surface area contributed by atoms with Crippen LogP contribution in [0.25, 0.3) is 0 Å². The summed E-state index contributed by atoms with van der Waals surface area (Å²) >= 11 is 0. The normalized spacial score (nSPS) is 9.12. The number of carbonyl (C=O) groups is 1. The van der Waals surface area contributed by atoms with Gasteiger partial charge in [0.1, 0.15) is 0 Å². The van der Waals surface area contributed by atoms with Gasteiger partial charge in [-0.3, -0.25) is 17.5 Å². The first kappa shape index (κ1) is 32.3. The van der Waals surface area contributed by atoms with Crippen LogP contribution in [0.15, 0.2) is 0 Å². The van der Waals surface area contributed by atoms with Gasteiger partial charge in [-0.25, -0.2) is 4.79 Å². The van der Waals surface area contributed by atoms with E-state index in [1.807, 2.05) is 0 Å². The summed E-state index contributed by atoms with van der Waals surface area (Å²) in [5.41, 5.74) is 0. The van der Waals surface area contributed by atoms with Crippen LogP contribution in [0.2, 0.25) is 0 Å². The van der Waals surface area contributed by atoms with Gasteiger partial charge in [-0.1, -0.05) is 0 Å². The Bertz CT molecular complexity index is 336. The van der Waals surface area contributed by atoms with Crippen molar-refractivity contribution in [3.05, 3.63) is 0 Å². The zero-order valence-electron chi connectivity index (χ0n) is 5.07. The minimum absolute atomic E-state index is 0. The van der Waals surface area contributed by atoms with Crippen molar-refractivity contribution in [2.24, 2.45) is 0 Å². The van der Waals surface area contributed by atoms with Gasteiger partial charge < -0.3 is 0 Å². The van der Waals surface area contributed by atoms with Crippen molar-refractivity contribution in [3.63, 3.8) is 0 Å². The first-order valence-electron chi connectivity index (χ1n) is 1.98. The third-order valence-corrected chi connectivity index (χ3v) is 1.04. The van der Waals surface area contributed by atoms with Crippen LogP contribution in [0, 0.1) is 0 Å². The summed E-state index contributed by atoms with van der Waals surface area (Å²) in [5.74, 6) is 0. The molecule has 80 valence electrons. The van der Waals surface area contributed by atoms with Gasteiger partial charge in [0.25, 0.3) is 0 Å². The molecule has 0 bridgehead atoms. The number of carbonyl (C=O) groups excluding carboxylic acids is 1. The van der Waals surface area contributed by atoms with Crippen LogP contribution in [0.1, 0.15) is 0 Å². The fourth-order valence-electron chi connectivity index (χ4n) is 0.186. The van der Waals surface area contributed by atoms with Crippen LogP contribution in [0.3, 0.4) is 0 Å². The second kappa shape index (κ2) is 14.3. The van der Waals surface area contributed by atoms with Gasteiger partial charge in [-0.15, -0.1) is 0 Å². The summed E-state index contributed by atoms with van der Waals surface area (Å²) in [4.78, 5) is 9.95. The molecule has 0 heterocycles. The summed E-state index contributed by atoms with van der Waals surface area (Å²) in [6.45, 7) is 0. The van der Waals surface area contributed by atoms with E-state index < -0.39 is 27.0 Å². The molecule has 16 heavy (non-hydrogen) atoms. The molecule has 0 spiro atoms. The van der Waals surface area contributed by atoms with Crippen LogP contribution in [0.5, 0.6) is 0 Å². The molecule has 0 aliphatic heterocycles. The Morgan fingerprint density at radius 3 is 1.12 bits per heavy atom. The molecule has 0 unspecified atom stereocenters. The average molecular weight is 350 g/mol. The van der Waals surface area contributed by atoms with Crippen LogP contribution < -0.4 is 0 Å². The first-order valence-corrected chi connectivity index (χ1v) is 4.71.